The van der Waals surface area contributed by atoms with E-state index in [1.165, 1.54) is 0 Å². The number of rotatable bonds is 4. The monoisotopic (exact) mass is 674 g/mol. The van der Waals surface area contributed by atoms with Gasteiger partial charge in [-0.1, -0.05) is 157 Å². The third-order valence-corrected chi connectivity index (χ3v) is 9.65. The van der Waals surface area contributed by atoms with Crippen LogP contribution in [0.2, 0.25) is 0 Å². The summed E-state index contributed by atoms with van der Waals surface area (Å²) in [5.41, 5.74) is 6.68. The molecule has 5 nitrogen and oxygen atoms in total. The lowest BCUT2D eigenvalue weighted by atomic mass is 9.65. The normalized spacial score (nSPS) is 17.4. The molecule has 1 aromatic heterocycles. The summed E-state index contributed by atoms with van der Waals surface area (Å²) in [7, 11) is 0. The Balaban J connectivity index is 1.16. The summed E-state index contributed by atoms with van der Waals surface area (Å²) >= 11 is 0. The van der Waals surface area contributed by atoms with E-state index in [9.17, 15) is 5.26 Å². The third-order valence-electron chi connectivity index (χ3n) is 9.65. The second-order valence-corrected chi connectivity index (χ2v) is 12.3. The minimum atomic E-state index is -0.816. The Morgan fingerprint density at radius 2 is 1.04 bits per heavy atom. The molecule has 2 aliphatic rings. The van der Waals surface area contributed by atoms with E-state index < -0.39 is 65.8 Å². The summed E-state index contributed by atoms with van der Waals surface area (Å²) in [4.78, 5) is 13.5. The van der Waals surface area contributed by atoms with Crippen LogP contribution in [0.1, 0.15) is 41.5 Å². The average Bonchev–Trinajstić information content (AvgIpc) is 3.59. The van der Waals surface area contributed by atoms with Crippen molar-refractivity contribution in [1.82, 2.24) is 15.0 Å². The highest BCUT2D eigenvalue weighted by Gasteiger charge is 2.52. The van der Waals surface area contributed by atoms with Crippen molar-refractivity contribution in [1.29, 1.82) is 5.26 Å². The van der Waals surface area contributed by atoms with E-state index in [4.69, 9.17) is 18.4 Å². The highest BCUT2D eigenvalue weighted by molar-refractivity contribution is 5.92. The van der Waals surface area contributed by atoms with Crippen LogP contribution in [0.4, 0.5) is 0 Å². The minimum absolute atomic E-state index is 0.0399. The maximum atomic E-state index is 10.3. The Bertz CT molecular complexity index is 3170. The van der Waals surface area contributed by atoms with Crippen LogP contribution >= 0.6 is 0 Å². The van der Waals surface area contributed by atoms with Gasteiger partial charge in [0.1, 0.15) is 11.5 Å². The van der Waals surface area contributed by atoms with Gasteiger partial charge in [-0.3, -0.25) is 0 Å². The van der Waals surface area contributed by atoms with Gasteiger partial charge in [-0.25, -0.2) is 15.0 Å². The Kier molecular flexibility index (Phi) is 4.77. The van der Waals surface area contributed by atoms with Crippen molar-refractivity contribution in [2.24, 2.45) is 0 Å². The van der Waals surface area contributed by atoms with Gasteiger partial charge in [0.2, 0.25) is 0 Å². The van der Waals surface area contributed by atoms with Gasteiger partial charge < -0.3 is 4.74 Å². The van der Waals surface area contributed by atoms with Crippen LogP contribution in [0.25, 0.3) is 56.4 Å². The molecule has 52 heavy (non-hydrogen) atoms. The number of nitriles is 1. The molecule has 10 rings (SSSR count). The highest BCUT2D eigenvalue weighted by Crippen LogP contribution is 2.63. The summed E-state index contributed by atoms with van der Waals surface area (Å²) in [6, 6.07) is 31.4. The second kappa shape index (κ2) is 11.7. The summed E-state index contributed by atoms with van der Waals surface area (Å²) in [5.74, 6) is 0.561. The van der Waals surface area contributed by atoms with Gasteiger partial charge in [0.25, 0.3) is 0 Å². The molecule has 242 valence electrons. The van der Waals surface area contributed by atoms with E-state index in [2.05, 4.69) is 51.4 Å². The largest absolute Gasteiger partial charge is 0.456 e. The van der Waals surface area contributed by atoms with Crippen LogP contribution in [-0.4, -0.2) is 15.0 Å². The molecule has 8 aromatic rings. The Hall–Kier alpha value is -7.16. The van der Waals surface area contributed by atoms with Crippen molar-refractivity contribution in [3.05, 3.63) is 197 Å². The number of hydrogen-bond acceptors (Lipinski definition) is 5. The summed E-state index contributed by atoms with van der Waals surface area (Å²) in [6.45, 7) is 0. The van der Waals surface area contributed by atoms with Crippen LogP contribution in [0.15, 0.2) is 170 Å². The van der Waals surface area contributed by atoms with Crippen LogP contribution in [-0.2, 0) is 5.41 Å². The SMILES string of the molecule is [2H]c1c([2H])c([2H])c(-c2nc(-c3ccc(-c4cccc5c4Oc4ccccc4C54c5ccccc5-c5c(C#N)cccc54)cc3)nc(-c3c([2H])c([2H])c([2H])c([2H])c3[2H])n2)c([2H])c1[2H]. The predicted octanol–water partition coefficient (Wildman–Crippen LogP) is 10.9. The first kappa shape index (κ1) is 21.1. The van der Waals surface area contributed by atoms with E-state index in [0.29, 0.717) is 22.6 Å². The van der Waals surface area contributed by atoms with E-state index in [1.807, 2.05) is 66.7 Å². The lowest BCUT2D eigenvalue weighted by Gasteiger charge is -2.40. The number of nitrogens with zero attached hydrogens (tertiary/aromatic N) is 4. The topological polar surface area (TPSA) is 71.7 Å². The highest BCUT2D eigenvalue weighted by atomic mass is 16.5. The molecule has 5 heteroatoms. The van der Waals surface area contributed by atoms with E-state index in [-0.39, 0.29) is 28.6 Å². The number of benzene rings is 7. The first-order valence-corrected chi connectivity index (χ1v) is 16.4. The average molecular weight is 675 g/mol. The first-order valence-electron chi connectivity index (χ1n) is 21.4. The fourth-order valence-electron chi connectivity index (χ4n) is 7.54. The van der Waals surface area contributed by atoms with Crippen LogP contribution in [0.3, 0.4) is 0 Å². The molecule has 1 unspecified atom stereocenters. The van der Waals surface area contributed by atoms with Gasteiger partial charge in [0.05, 0.1) is 30.8 Å². The number of ether oxygens (including phenoxy) is 1. The van der Waals surface area contributed by atoms with Crippen LogP contribution in [0, 0.1) is 11.3 Å². The van der Waals surface area contributed by atoms with Crippen molar-refractivity contribution in [3.8, 4) is 74.0 Å². The lowest BCUT2D eigenvalue weighted by molar-refractivity contribution is 0.438. The van der Waals surface area contributed by atoms with E-state index in [1.54, 1.807) is 12.1 Å². The zero-order chi connectivity index (χ0) is 43.4. The maximum absolute atomic E-state index is 10.3. The molecule has 0 saturated heterocycles. The molecule has 7 aromatic carbocycles. The molecule has 1 spiro atoms. The predicted molar refractivity (Wildman–Crippen MR) is 204 cm³/mol. The summed E-state index contributed by atoms with van der Waals surface area (Å²) < 4.78 is 90.8. The Labute approximate surface area is 315 Å². The second-order valence-electron chi connectivity index (χ2n) is 12.3. The fraction of sp³-hybridized carbons (Fsp3) is 0.0213. The Morgan fingerprint density at radius 3 is 1.73 bits per heavy atom. The van der Waals surface area contributed by atoms with Gasteiger partial charge >= 0.3 is 0 Å². The molecule has 0 N–H and O–H groups in total. The maximum Gasteiger partial charge on any atom is 0.164 e. The van der Waals surface area contributed by atoms with Gasteiger partial charge in [-0.05, 0) is 34.4 Å². The molecular formula is C47H28N4O. The van der Waals surface area contributed by atoms with Gasteiger partial charge in [0, 0.05) is 38.9 Å². The zero-order valence-corrected chi connectivity index (χ0v) is 27.1. The van der Waals surface area contributed by atoms with Crippen molar-refractivity contribution in [2.75, 3.05) is 0 Å². The smallest absolute Gasteiger partial charge is 0.164 e. The van der Waals surface area contributed by atoms with Gasteiger partial charge in [-0.2, -0.15) is 5.26 Å². The fourth-order valence-corrected chi connectivity index (χ4v) is 7.54. The van der Waals surface area contributed by atoms with Gasteiger partial charge in [-0.15, -0.1) is 0 Å². The Morgan fingerprint density at radius 1 is 0.500 bits per heavy atom. The molecule has 0 amide bonds. The van der Waals surface area contributed by atoms with Crippen molar-refractivity contribution >= 4 is 0 Å². The molecule has 1 aliphatic carbocycles. The summed E-state index contributed by atoms with van der Waals surface area (Å²) in [6.07, 6.45) is 0. The molecule has 1 aliphatic heterocycles. The standard InChI is InChI=1S/C47H28N4O/c48-29-34-17-11-22-39-42(34)36-18-7-8-20-37(36)47(39)38-21-9-10-24-41(38)52-43-35(19-12-23-40(43)47)30-25-27-33(28-26-30)46-50-44(31-13-3-1-4-14-31)49-45(51-46)32-15-5-2-6-16-32/h1-28H/i1D,2D,3D,4D,5D,6D,13D,14D,15D,16D. The summed E-state index contributed by atoms with van der Waals surface area (Å²) in [5, 5.41) is 10.3. The van der Waals surface area contributed by atoms with Crippen LogP contribution < -0.4 is 4.74 Å². The third kappa shape index (κ3) is 4.38. The molecule has 2 heterocycles. The zero-order valence-electron chi connectivity index (χ0n) is 37.1. The quantitative estimate of drug-likeness (QED) is 0.186. The first-order chi connectivity index (χ1) is 29.9. The number of fused-ring (bicyclic) bond motifs is 9. The molecule has 1 atom stereocenters. The van der Waals surface area contributed by atoms with Crippen molar-refractivity contribution < 1.29 is 18.4 Å². The molecule has 0 radical (unpaired) electrons. The van der Waals surface area contributed by atoms with Crippen molar-refractivity contribution in [3.63, 3.8) is 0 Å². The molecular weight excluding hydrogens is 637 g/mol. The van der Waals surface area contributed by atoms with E-state index >= 15 is 0 Å². The minimum Gasteiger partial charge on any atom is -0.456 e. The molecule has 0 bridgehead atoms. The number of aromatic nitrogens is 3. The van der Waals surface area contributed by atoms with Crippen LogP contribution in [0.5, 0.6) is 11.5 Å². The number of para-hydroxylation sites is 2. The van der Waals surface area contributed by atoms with Crippen molar-refractivity contribution in [2.45, 2.75) is 5.41 Å². The molecule has 0 fully saturated rings. The number of hydrogen-bond donors (Lipinski definition) is 0. The van der Waals surface area contributed by atoms with E-state index in [0.717, 1.165) is 44.5 Å². The molecule has 0 saturated carbocycles. The van der Waals surface area contributed by atoms with Gasteiger partial charge in [0.15, 0.2) is 17.5 Å². The lowest BCUT2D eigenvalue weighted by Crippen LogP contribution is -2.32.